The molecule has 1 aliphatic carbocycles. The van der Waals surface area contributed by atoms with Crippen LogP contribution in [-0.4, -0.2) is 4.57 Å². The maximum atomic E-state index is 2.54. The van der Waals surface area contributed by atoms with Crippen LogP contribution in [0.25, 0.3) is 82.8 Å². The second-order valence-corrected chi connectivity index (χ2v) is 22.2. The molecule has 0 spiro atoms. The van der Waals surface area contributed by atoms with Crippen LogP contribution >= 0.6 is 0 Å². The molecular formula is C69H60N2. The van der Waals surface area contributed by atoms with Crippen molar-refractivity contribution in [2.75, 3.05) is 4.90 Å². The summed E-state index contributed by atoms with van der Waals surface area (Å²) in [6.07, 6.45) is 0. The van der Waals surface area contributed by atoms with Crippen LogP contribution in [0.1, 0.15) is 77.6 Å². The number of anilines is 3. The molecule has 1 heterocycles. The van der Waals surface area contributed by atoms with E-state index in [2.05, 4.69) is 283 Å². The van der Waals surface area contributed by atoms with Crippen LogP contribution in [0.3, 0.4) is 0 Å². The maximum Gasteiger partial charge on any atom is 0.0619 e. The summed E-state index contributed by atoms with van der Waals surface area (Å²) >= 11 is 0. The summed E-state index contributed by atoms with van der Waals surface area (Å²) in [6.45, 7) is 18.7. The molecule has 1 aromatic heterocycles. The third-order valence-electron chi connectivity index (χ3n) is 15.3. The maximum absolute atomic E-state index is 2.54. The SMILES string of the molecule is CC(C)(C)c1cc(-c2cccc3cccc(-c4ccccc4N(c4ccc(-c5cccc6c7ccccc7n(-c7ccccc7)c56)cc4)c4cccc5c4-c4ccccc4C5(C)C)c23)cc(C(C)(C)C)c1. The monoisotopic (exact) mass is 916 g/mol. The van der Waals surface area contributed by atoms with Crippen molar-refractivity contribution in [3.63, 3.8) is 0 Å². The van der Waals surface area contributed by atoms with Crippen molar-refractivity contribution in [1.82, 2.24) is 4.57 Å². The summed E-state index contributed by atoms with van der Waals surface area (Å²) in [5.74, 6) is 0. The molecule has 0 unspecified atom stereocenters. The Morgan fingerprint density at radius 3 is 1.69 bits per heavy atom. The van der Waals surface area contributed by atoms with E-state index in [-0.39, 0.29) is 16.2 Å². The van der Waals surface area contributed by atoms with E-state index in [9.17, 15) is 0 Å². The van der Waals surface area contributed by atoms with E-state index in [1.165, 1.54) is 105 Å². The van der Waals surface area contributed by atoms with Gasteiger partial charge in [-0.25, -0.2) is 0 Å². The molecule has 0 amide bonds. The Kier molecular flexibility index (Phi) is 10.4. The number of hydrogen-bond donors (Lipinski definition) is 0. The molecule has 71 heavy (non-hydrogen) atoms. The fraction of sp³-hybridized carbons (Fsp3) is 0.159. The zero-order chi connectivity index (χ0) is 48.8. The molecule has 0 N–H and O–H groups in total. The van der Waals surface area contributed by atoms with Gasteiger partial charge in [0.25, 0.3) is 0 Å². The average Bonchev–Trinajstić information content (AvgIpc) is 3.85. The van der Waals surface area contributed by atoms with Gasteiger partial charge in [-0.15, -0.1) is 0 Å². The summed E-state index contributed by atoms with van der Waals surface area (Å²) in [4.78, 5) is 2.54. The number of aromatic nitrogens is 1. The smallest absolute Gasteiger partial charge is 0.0619 e. The van der Waals surface area contributed by atoms with E-state index >= 15 is 0 Å². The number of benzene rings is 10. The second-order valence-electron chi connectivity index (χ2n) is 22.2. The summed E-state index contributed by atoms with van der Waals surface area (Å²) in [5, 5.41) is 4.98. The van der Waals surface area contributed by atoms with Crippen molar-refractivity contribution >= 4 is 49.6 Å². The third kappa shape index (κ3) is 7.30. The normalized spacial score (nSPS) is 13.2. The van der Waals surface area contributed by atoms with E-state index in [0.717, 1.165) is 17.1 Å². The van der Waals surface area contributed by atoms with Crippen LogP contribution in [0, 0.1) is 0 Å². The highest BCUT2D eigenvalue weighted by molar-refractivity contribution is 6.14. The molecule has 2 heteroatoms. The minimum Gasteiger partial charge on any atom is -0.309 e. The van der Waals surface area contributed by atoms with Crippen molar-refractivity contribution < 1.29 is 0 Å². The summed E-state index contributed by atoms with van der Waals surface area (Å²) in [7, 11) is 0. The molecular weight excluding hydrogens is 857 g/mol. The zero-order valence-corrected chi connectivity index (χ0v) is 42.2. The number of fused-ring (bicyclic) bond motifs is 7. The largest absolute Gasteiger partial charge is 0.309 e. The Morgan fingerprint density at radius 1 is 0.408 bits per heavy atom. The van der Waals surface area contributed by atoms with Crippen LogP contribution < -0.4 is 4.90 Å². The first kappa shape index (κ1) is 44.3. The second kappa shape index (κ2) is 16.6. The van der Waals surface area contributed by atoms with Gasteiger partial charge in [-0.2, -0.15) is 0 Å². The topological polar surface area (TPSA) is 8.17 Å². The van der Waals surface area contributed by atoms with Gasteiger partial charge in [0.2, 0.25) is 0 Å². The van der Waals surface area contributed by atoms with Gasteiger partial charge in [0, 0.05) is 44.3 Å². The van der Waals surface area contributed by atoms with Crippen molar-refractivity contribution in [2.24, 2.45) is 0 Å². The van der Waals surface area contributed by atoms with Crippen molar-refractivity contribution in [3.05, 3.63) is 241 Å². The number of nitrogens with zero attached hydrogens (tertiary/aromatic N) is 2. The molecule has 0 saturated carbocycles. The van der Waals surface area contributed by atoms with Crippen LogP contribution in [-0.2, 0) is 16.2 Å². The minimum atomic E-state index is -0.162. The van der Waals surface area contributed by atoms with Gasteiger partial charge in [0.1, 0.15) is 0 Å². The molecule has 0 saturated heterocycles. The Morgan fingerprint density at radius 2 is 0.958 bits per heavy atom. The molecule has 346 valence electrons. The first-order valence-corrected chi connectivity index (χ1v) is 25.3. The number of rotatable bonds is 7. The van der Waals surface area contributed by atoms with Gasteiger partial charge in [0.05, 0.1) is 22.4 Å². The van der Waals surface area contributed by atoms with Crippen LogP contribution in [0.5, 0.6) is 0 Å². The lowest BCUT2D eigenvalue weighted by Gasteiger charge is -2.31. The summed E-state index contributed by atoms with van der Waals surface area (Å²) in [6, 6.07) is 81.7. The fourth-order valence-electron chi connectivity index (χ4n) is 11.6. The summed E-state index contributed by atoms with van der Waals surface area (Å²) < 4.78 is 2.44. The van der Waals surface area contributed by atoms with E-state index in [0.29, 0.717) is 0 Å². The van der Waals surface area contributed by atoms with Gasteiger partial charge in [0.15, 0.2) is 0 Å². The Hall–Kier alpha value is -7.94. The number of para-hydroxylation sites is 4. The molecule has 0 radical (unpaired) electrons. The predicted octanol–water partition coefficient (Wildman–Crippen LogP) is 19.3. The molecule has 2 nitrogen and oxygen atoms in total. The van der Waals surface area contributed by atoms with E-state index in [1.54, 1.807) is 0 Å². The molecule has 11 aromatic rings. The molecule has 0 atom stereocenters. The van der Waals surface area contributed by atoms with E-state index in [1.807, 2.05) is 0 Å². The van der Waals surface area contributed by atoms with Gasteiger partial charge < -0.3 is 9.47 Å². The van der Waals surface area contributed by atoms with Gasteiger partial charge >= 0.3 is 0 Å². The Bertz CT molecular complexity index is 3810. The molecule has 10 aromatic carbocycles. The molecule has 1 aliphatic rings. The highest BCUT2D eigenvalue weighted by Crippen LogP contribution is 2.55. The first-order chi connectivity index (χ1) is 34.3. The van der Waals surface area contributed by atoms with Crippen molar-refractivity contribution in [3.8, 4) is 50.2 Å². The number of hydrogen-bond acceptors (Lipinski definition) is 1. The van der Waals surface area contributed by atoms with Crippen LogP contribution in [0.4, 0.5) is 17.1 Å². The Labute approximate surface area is 419 Å². The van der Waals surface area contributed by atoms with E-state index in [4.69, 9.17) is 0 Å². The molecule has 0 fully saturated rings. The lowest BCUT2D eigenvalue weighted by Crippen LogP contribution is -2.16. The third-order valence-corrected chi connectivity index (χ3v) is 15.3. The quantitative estimate of drug-likeness (QED) is 0.155. The van der Waals surface area contributed by atoms with Crippen molar-refractivity contribution in [2.45, 2.75) is 71.6 Å². The van der Waals surface area contributed by atoms with Gasteiger partial charge in [-0.3, -0.25) is 0 Å². The fourth-order valence-corrected chi connectivity index (χ4v) is 11.6. The lowest BCUT2D eigenvalue weighted by molar-refractivity contribution is 0.569. The molecule has 0 bridgehead atoms. The molecule has 12 rings (SSSR count). The standard InChI is InChI=1S/C69H60N2/c1-67(2,3)48-42-47(43-49(44-48)68(4,5)6)52-29-18-22-46-23-19-31-56(64(46)52)54-26-13-16-35-61(54)70(63-37-21-34-60-65(63)58-28-12-15-33-59(58)69(60,7)8)51-40-38-45(39-41-51)53-30-20-32-57-55-27-14-17-36-62(55)71(66(53)57)50-24-10-9-11-25-50/h9-44H,1-8H3. The highest BCUT2D eigenvalue weighted by atomic mass is 15.1. The van der Waals surface area contributed by atoms with Gasteiger partial charge in [-0.1, -0.05) is 231 Å². The van der Waals surface area contributed by atoms with Crippen LogP contribution in [0.2, 0.25) is 0 Å². The lowest BCUT2D eigenvalue weighted by atomic mass is 9.78. The van der Waals surface area contributed by atoms with E-state index < -0.39 is 0 Å². The van der Waals surface area contributed by atoms with Crippen molar-refractivity contribution in [1.29, 1.82) is 0 Å². The summed E-state index contributed by atoms with van der Waals surface area (Å²) in [5.41, 5.74) is 22.0. The average molecular weight is 917 g/mol. The predicted molar refractivity (Wildman–Crippen MR) is 304 cm³/mol. The minimum absolute atomic E-state index is 0.0119. The van der Waals surface area contributed by atoms with Gasteiger partial charge in [-0.05, 0) is 114 Å². The highest BCUT2D eigenvalue weighted by Gasteiger charge is 2.38. The van der Waals surface area contributed by atoms with Crippen LogP contribution in [0.15, 0.2) is 218 Å². The Balaban J connectivity index is 1.09. The molecule has 0 aliphatic heterocycles. The first-order valence-electron chi connectivity index (χ1n) is 25.3. The zero-order valence-electron chi connectivity index (χ0n) is 42.2.